The summed E-state index contributed by atoms with van der Waals surface area (Å²) in [6.07, 6.45) is 0. The van der Waals surface area contributed by atoms with E-state index in [1.165, 1.54) is 6.07 Å². The van der Waals surface area contributed by atoms with Crippen molar-refractivity contribution in [1.29, 1.82) is 0 Å². The molecule has 6 nitrogen and oxygen atoms in total. The summed E-state index contributed by atoms with van der Waals surface area (Å²) in [7, 11) is 1.77. The topological polar surface area (TPSA) is 86.5 Å². The lowest BCUT2D eigenvalue weighted by atomic mass is 9.95. The minimum atomic E-state index is -1.12. The van der Waals surface area contributed by atoms with Gasteiger partial charge in [-0.2, -0.15) is 0 Å². The molecule has 1 aromatic heterocycles. The van der Waals surface area contributed by atoms with Crippen LogP contribution < -0.4 is 4.90 Å². The summed E-state index contributed by atoms with van der Waals surface area (Å²) in [5.74, 6) is -0.621. The van der Waals surface area contributed by atoms with Gasteiger partial charge in [0.1, 0.15) is 5.60 Å². The smallest absolute Gasteiger partial charge is 0.356 e. The molecule has 21 heavy (non-hydrogen) atoms. The van der Waals surface area contributed by atoms with Crippen molar-refractivity contribution in [2.45, 2.75) is 12.5 Å². The summed E-state index contributed by atoms with van der Waals surface area (Å²) >= 11 is 0. The molecule has 0 bridgehead atoms. The SMILES string of the molecule is CN(CC(C)(O)c1ccccc1)c1ccc(C(=O)O)nn1. The first kappa shape index (κ1) is 14.9. The number of hydrogen-bond acceptors (Lipinski definition) is 5. The van der Waals surface area contributed by atoms with Crippen LogP contribution >= 0.6 is 0 Å². The molecule has 2 aromatic rings. The molecule has 0 aliphatic heterocycles. The van der Waals surface area contributed by atoms with Crippen molar-refractivity contribution >= 4 is 11.8 Å². The van der Waals surface area contributed by atoms with Gasteiger partial charge in [0, 0.05) is 7.05 Å². The normalized spacial score (nSPS) is 13.5. The summed E-state index contributed by atoms with van der Waals surface area (Å²) in [5.41, 5.74) is -0.364. The molecule has 0 fully saturated rings. The minimum Gasteiger partial charge on any atom is -0.476 e. The molecule has 110 valence electrons. The highest BCUT2D eigenvalue weighted by atomic mass is 16.4. The third kappa shape index (κ3) is 3.55. The molecule has 0 saturated carbocycles. The van der Waals surface area contributed by atoms with Gasteiger partial charge >= 0.3 is 5.97 Å². The fourth-order valence-electron chi connectivity index (χ4n) is 2.07. The van der Waals surface area contributed by atoms with Crippen LogP contribution in [0.4, 0.5) is 5.82 Å². The van der Waals surface area contributed by atoms with Crippen LogP contribution in [0.3, 0.4) is 0 Å². The monoisotopic (exact) mass is 287 g/mol. The Morgan fingerprint density at radius 1 is 1.19 bits per heavy atom. The Balaban J connectivity index is 2.13. The van der Waals surface area contributed by atoms with E-state index in [1.54, 1.807) is 24.9 Å². The molecule has 2 rings (SSSR count). The Labute approximate surface area is 122 Å². The van der Waals surface area contributed by atoms with Gasteiger partial charge in [-0.25, -0.2) is 4.79 Å². The molecule has 6 heteroatoms. The lowest BCUT2D eigenvalue weighted by Gasteiger charge is -2.30. The average molecular weight is 287 g/mol. The Bertz CT molecular complexity index is 612. The molecule has 1 aromatic carbocycles. The van der Waals surface area contributed by atoms with Gasteiger partial charge in [0.2, 0.25) is 0 Å². The van der Waals surface area contributed by atoms with Crippen molar-refractivity contribution in [2.75, 3.05) is 18.5 Å². The number of hydrogen-bond donors (Lipinski definition) is 2. The van der Waals surface area contributed by atoms with Gasteiger partial charge in [-0.15, -0.1) is 10.2 Å². The van der Waals surface area contributed by atoms with Crippen molar-refractivity contribution in [3.63, 3.8) is 0 Å². The van der Waals surface area contributed by atoms with Crippen molar-refractivity contribution in [3.8, 4) is 0 Å². The molecule has 1 atom stereocenters. The fourth-order valence-corrected chi connectivity index (χ4v) is 2.07. The first-order valence-corrected chi connectivity index (χ1v) is 6.46. The zero-order valence-electron chi connectivity index (χ0n) is 11.9. The molecule has 0 aliphatic carbocycles. The van der Waals surface area contributed by atoms with Crippen molar-refractivity contribution in [3.05, 3.63) is 53.7 Å². The number of aromatic carboxylic acids is 1. The molecule has 1 unspecified atom stereocenters. The number of carboxylic acid groups (broad SMARTS) is 1. The van der Waals surface area contributed by atoms with Crippen LogP contribution in [0.2, 0.25) is 0 Å². The van der Waals surface area contributed by atoms with Crippen LogP contribution in [-0.2, 0) is 5.60 Å². The molecular formula is C15H17N3O3. The molecule has 0 spiro atoms. The lowest BCUT2D eigenvalue weighted by Crippen LogP contribution is -2.37. The third-order valence-corrected chi connectivity index (χ3v) is 3.20. The van der Waals surface area contributed by atoms with Crippen molar-refractivity contribution < 1.29 is 15.0 Å². The maximum atomic E-state index is 10.7. The Morgan fingerprint density at radius 3 is 2.38 bits per heavy atom. The van der Waals surface area contributed by atoms with E-state index >= 15 is 0 Å². The van der Waals surface area contributed by atoms with E-state index in [0.29, 0.717) is 12.4 Å². The second kappa shape index (κ2) is 5.88. The van der Waals surface area contributed by atoms with Crippen LogP contribution in [0, 0.1) is 0 Å². The first-order chi connectivity index (χ1) is 9.90. The fraction of sp³-hybridized carbons (Fsp3) is 0.267. The predicted molar refractivity (Wildman–Crippen MR) is 78.3 cm³/mol. The van der Waals surface area contributed by atoms with Crippen LogP contribution in [0.25, 0.3) is 0 Å². The number of carboxylic acids is 1. The number of carbonyl (C=O) groups is 1. The summed E-state index contributed by atoms with van der Waals surface area (Å²) in [6, 6.07) is 12.3. The summed E-state index contributed by atoms with van der Waals surface area (Å²) in [5, 5.41) is 26.9. The number of aliphatic hydroxyl groups is 1. The highest BCUT2D eigenvalue weighted by Crippen LogP contribution is 2.22. The number of nitrogens with zero attached hydrogens (tertiary/aromatic N) is 3. The van der Waals surface area contributed by atoms with Gasteiger partial charge in [-0.3, -0.25) is 0 Å². The molecule has 0 amide bonds. The van der Waals surface area contributed by atoms with E-state index in [1.807, 2.05) is 30.3 Å². The van der Waals surface area contributed by atoms with Gasteiger partial charge in [0.15, 0.2) is 11.5 Å². The zero-order chi connectivity index (χ0) is 15.5. The molecule has 0 radical (unpaired) electrons. The van der Waals surface area contributed by atoms with Gasteiger partial charge < -0.3 is 15.1 Å². The van der Waals surface area contributed by atoms with Crippen LogP contribution in [-0.4, -0.2) is 40.0 Å². The van der Waals surface area contributed by atoms with Crippen LogP contribution in [0.5, 0.6) is 0 Å². The zero-order valence-corrected chi connectivity index (χ0v) is 11.9. The Hall–Kier alpha value is -2.47. The third-order valence-electron chi connectivity index (χ3n) is 3.20. The number of rotatable bonds is 5. The molecule has 2 N–H and O–H groups in total. The van der Waals surface area contributed by atoms with E-state index in [0.717, 1.165) is 5.56 Å². The van der Waals surface area contributed by atoms with E-state index in [4.69, 9.17) is 5.11 Å². The predicted octanol–water partition coefficient (Wildman–Crippen LogP) is 1.52. The Morgan fingerprint density at radius 2 is 1.86 bits per heavy atom. The van der Waals surface area contributed by atoms with Gasteiger partial charge in [-0.1, -0.05) is 30.3 Å². The van der Waals surface area contributed by atoms with Gasteiger partial charge in [-0.05, 0) is 24.6 Å². The standard InChI is InChI=1S/C15H17N3O3/c1-15(21,11-6-4-3-5-7-11)10-18(2)13-9-8-12(14(19)20)16-17-13/h3-9,21H,10H2,1-2H3,(H,19,20). The lowest BCUT2D eigenvalue weighted by molar-refractivity contribution is 0.0651. The second-order valence-electron chi connectivity index (χ2n) is 5.08. The Kier molecular flexibility index (Phi) is 4.18. The van der Waals surface area contributed by atoms with Crippen LogP contribution in [0.1, 0.15) is 23.0 Å². The van der Waals surface area contributed by atoms with E-state index in [2.05, 4.69) is 10.2 Å². The molecule has 1 heterocycles. The van der Waals surface area contributed by atoms with Crippen LogP contribution in [0.15, 0.2) is 42.5 Å². The van der Waals surface area contributed by atoms with E-state index in [9.17, 15) is 9.90 Å². The van der Waals surface area contributed by atoms with Crippen molar-refractivity contribution in [2.24, 2.45) is 0 Å². The summed E-state index contributed by atoms with van der Waals surface area (Å²) in [6.45, 7) is 2.02. The number of aromatic nitrogens is 2. The maximum Gasteiger partial charge on any atom is 0.356 e. The summed E-state index contributed by atoms with van der Waals surface area (Å²) < 4.78 is 0. The summed E-state index contributed by atoms with van der Waals surface area (Å²) in [4.78, 5) is 12.5. The van der Waals surface area contributed by atoms with Crippen molar-refractivity contribution in [1.82, 2.24) is 10.2 Å². The second-order valence-corrected chi connectivity index (χ2v) is 5.08. The average Bonchev–Trinajstić information content (AvgIpc) is 2.48. The highest BCUT2D eigenvalue weighted by molar-refractivity contribution is 5.85. The molecular weight excluding hydrogens is 270 g/mol. The van der Waals surface area contributed by atoms with E-state index in [-0.39, 0.29) is 5.69 Å². The minimum absolute atomic E-state index is 0.109. The largest absolute Gasteiger partial charge is 0.476 e. The van der Waals surface area contributed by atoms with Gasteiger partial charge in [0.25, 0.3) is 0 Å². The number of anilines is 1. The maximum absolute atomic E-state index is 10.7. The highest BCUT2D eigenvalue weighted by Gasteiger charge is 2.25. The van der Waals surface area contributed by atoms with E-state index < -0.39 is 11.6 Å². The number of likely N-dealkylation sites (N-methyl/N-ethyl adjacent to an activating group) is 1. The number of benzene rings is 1. The molecule has 0 aliphatic rings. The quantitative estimate of drug-likeness (QED) is 0.867. The first-order valence-electron chi connectivity index (χ1n) is 6.46. The molecule has 0 saturated heterocycles. The van der Waals surface area contributed by atoms with Gasteiger partial charge in [0.05, 0.1) is 6.54 Å².